The predicted octanol–water partition coefficient (Wildman–Crippen LogP) is 2.71. The zero-order valence-electron chi connectivity index (χ0n) is 16.6. The molecule has 1 aromatic carbocycles. The molecule has 1 saturated heterocycles. The van der Waals surface area contributed by atoms with Gasteiger partial charge in [0.25, 0.3) is 0 Å². The molecule has 150 valence electrons. The summed E-state index contributed by atoms with van der Waals surface area (Å²) in [7, 11) is 0. The van der Waals surface area contributed by atoms with Crippen LogP contribution in [0.3, 0.4) is 0 Å². The molecule has 1 aliphatic rings. The third-order valence-corrected chi connectivity index (χ3v) is 4.21. The number of hydrogen-bond donors (Lipinski definition) is 1. The topological polar surface area (TPSA) is 103 Å². The summed E-state index contributed by atoms with van der Waals surface area (Å²) in [5.74, 6) is 0.251. The molecule has 1 aromatic heterocycles. The number of ether oxygens (including phenoxy) is 2. The van der Waals surface area contributed by atoms with E-state index in [2.05, 4.69) is 10.3 Å². The van der Waals surface area contributed by atoms with Crippen LogP contribution >= 0.6 is 0 Å². The number of aryl methyl sites for hydroxylation is 1. The minimum atomic E-state index is -0.636. The molecule has 0 aliphatic carbocycles. The number of amides is 2. The predicted molar refractivity (Wildman–Crippen MR) is 101 cm³/mol. The lowest BCUT2D eigenvalue weighted by Crippen LogP contribution is -2.37. The van der Waals surface area contributed by atoms with Crippen molar-refractivity contribution in [3.05, 3.63) is 29.6 Å². The lowest BCUT2D eigenvalue weighted by atomic mass is 10.1. The number of aromatic nitrogens is 2. The highest BCUT2D eigenvalue weighted by Crippen LogP contribution is 2.31. The van der Waals surface area contributed by atoms with E-state index in [1.54, 1.807) is 39.8 Å². The molecule has 2 amide bonds. The van der Waals surface area contributed by atoms with Crippen LogP contribution in [0.2, 0.25) is 0 Å². The van der Waals surface area contributed by atoms with Crippen LogP contribution in [0.15, 0.2) is 18.2 Å². The number of nitrogens with one attached hydrogen (secondary N) is 1. The average molecular weight is 388 g/mol. The fraction of sp³-hybridized carbons (Fsp3) is 0.474. The SMILES string of the molecule is CC(=O)NCN1CC(c2cccc3c2nc(C)n3C(=O)OC(C)(C)C)OC1=O. The molecule has 1 unspecified atom stereocenters. The van der Waals surface area contributed by atoms with Gasteiger partial charge in [-0.3, -0.25) is 9.69 Å². The molecule has 1 aliphatic heterocycles. The highest BCUT2D eigenvalue weighted by molar-refractivity contribution is 5.90. The second-order valence-electron chi connectivity index (χ2n) is 7.68. The van der Waals surface area contributed by atoms with E-state index in [0.717, 1.165) is 0 Å². The molecule has 1 atom stereocenters. The zero-order chi connectivity index (χ0) is 20.6. The normalized spacial score (nSPS) is 17.0. The van der Waals surface area contributed by atoms with Crippen LogP contribution in [0.25, 0.3) is 11.0 Å². The molecule has 28 heavy (non-hydrogen) atoms. The largest absolute Gasteiger partial charge is 0.443 e. The van der Waals surface area contributed by atoms with Crippen LogP contribution < -0.4 is 5.32 Å². The number of fused-ring (bicyclic) bond motifs is 1. The first-order valence-corrected chi connectivity index (χ1v) is 8.98. The number of hydrogen-bond acceptors (Lipinski definition) is 6. The van der Waals surface area contributed by atoms with E-state index in [-0.39, 0.29) is 19.1 Å². The smallest absolute Gasteiger partial charge is 0.420 e. The number of imidazole rings is 1. The van der Waals surface area contributed by atoms with Crippen LogP contribution in [0.5, 0.6) is 0 Å². The maximum Gasteiger partial charge on any atom is 0.420 e. The Labute approximate surface area is 162 Å². The van der Waals surface area contributed by atoms with Crippen LogP contribution in [0.1, 0.15) is 45.2 Å². The van der Waals surface area contributed by atoms with Gasteiger partial charge in [0.2, 0.25) is 5.91 Å². The van der Waals surface area contributed by atoms with Crippen molar-refractivity contribution in [2.75, 3.05) is 13.2 Å². The van der Waals surface area contributed by atoms with Crippen molar-refractivity contribution in [3.8, 4) is 0 Å². The Kier molecular flexibility index (Phi) is 5.01. The Morgan fingerprint density at radius 1 is 1.36 bits per heavy atom. The molecule has 2 heterocycles. The van der Waals surface area contributed by atoms with Crippen molar-refractivity contribution in [2.24, 2.45) is 0 Å². The third kappa shape index (κ3) is 3.92. The van der Waals surface area contributed by atoms with Crippen molar-refractivity contribution in [2.45, 2.75) is 46.3 Å². The van der Waals surface area contributed by atoms with E-state index in [1.807, 2.05) is 6.07 Å². The molecule has 0 spiro atoms. The van der Waals surface area contributed by atoms with Crippen LogP contribution in [0, 0.1) is 6.92 Å². The molecular weight excluding hydrogens is 364 g/mol. The van der Waals surface area contributed by atoms with E-state index in [4.69, 9.17) is 9.47 Å². The number of rotatable bonds is 3. The van der Waals surface area contributed by atoms with Crippen molar-refractivity contribution >= 4 is 29.1 Å². The van der Waals surface area contributed by atoms with Gasteiger partial charge < -0.3 is 14.8 Å². The van der Waals surface area contributed by atoms with Crippen molar-refractivity contribution in [3.63, 3.8) is 0 Å². The average Bonchev–Trinajstić information content (AvgIpc) is 3.10. The lowest BCUT2D eigenvalue weighted by molar-refractivity contribution is -0.119. The fourth-order valence-corrected chi connectivity index (χ4v) is 3.04. The Bertz CT molecular complexity index is 944. The summed E-state index contributed by atoms with van der Waals surface area (Å²) >= 11 is 0. The van der Waals surface area contributed by atoms with Gasteiger partial charge in [-0.1, -0.05) is 12.1 Å². The van der Waals surface area contributed by atoms with Crippen molar-refractivity contribution in [1.82, 2.24) is 19.8 Å². The van der Waals surface area contributed by atoms with Gasteiger partial charge in [-0.05, 0) is 33.8 Å². The van der Waals surface area contributed by atoms with Gasteiger partial charge in [0.15, 0.2) is 0 Å². The van der Waals surface area contributed by atoms with Gasteiger partial charge in [0.1, 0.15) is 17.5 Å². The van der Waals surface area contributed by atoms with E-state index in [0.29, 0.717) is 22.4 Å². The number of para-hydroxylation sites is 1. The summed E-state index contributed by atoms with van der Waals surface area (Å²) in [5.41, 5.74) is 1.22. The Morgan fingerprint density at radius 3 is 2.71 bits per heavy atom. The van der Waals surface area contributed by atoms with E-state index < -0.39 is 23.9 Å². The maximum absolute atomic E-state index is 12.6. The summed E-state index contributed by atoms with van der Waals surface area (Å²) in [4.78, 5) is 41.7. The molecule has 3 rings (SSSR count). The molecule has 0 radical (unpaired) electrons. The molecule has 1 fully saturated rings. The van der Waals surface area contributed by atoms with Gasteiger partial charge in [0, 0.05) is 12.5 Å². The first-order valence-electron chi connectivity index (χ1n) is 8.98. The highest BCUT2D eigenvalue weighted by Gasteiger charge is 2.34. The monoisotopic (exact) mass is 388 g/mol. The maximum atomic E-state index is 12.6. The second-order valence-corrected chi connectivity index (χ2v) is 7.68. The molecule has 1 N–H and O–H groups in total. The minimum Gasteiger partial charge on any atom is -0.443 e. The number of benzene rings is 1. The van der Waals surface area contributed by atoms with Crippen LogP contribution in [0.4, 0.5) is 9.59 Å². The molecule has 9 nitrogen and oxygen atoms in total. The minimum absolute atomic E-state index is 0.0754. The first kappa shape index (κ1) is 19.7. The number of cyclic esters (lactones) is 1. The second kappa shape index (κ2) is 7.14. The molecule has 9 heteroatoms. The summed E-state index contributed by atoms with van der Waals surface area (Å²) in [6, 6.07) is 5.37. The first-order chi connectivity index (χ1) is 13.1. The number of nitrogens with zero attached hydrogens (tertiary/aromatic N) is 3. The molecule has 0 bridgehead atoms. The quantitative estimate of drug-likeness (QED) is 0.867. The van der Waals surface area contributed by atoms with Crippen LogP contribution in [-0.2, 0) is 14.3 Å². The molecule has 0 saturated carbocycles. The highest BCUT2D eigenvalue weighted by atomic mass is 16.6. The standard InChI is InChI=1S/C19H24N4O5/c1-11-21-16-13(15-9-22(17(25)27-15)10-20-12(2)24)7-6-8-14(16)23(11)18(26)28-19(3,4)5/h6-8,15H,9-10H2,1-5H3,(H,20,24). The molecular formula is C19H24N4O5. The van der Waals surface area contributed by atoms with Gasteiger partial charge >= 0.3 is 12.2 Å². The summed E-state index contributed by atoms with van der Waals surface area (Å²) in [6.45, 7) is 8.84. The van der Waals surface area contributed by atoms with Crippen LogP contribution in [-0.4, -0.2) is 51.4 Å². The third-order valence-electron chi connectivity index (χ3n) is 4.21. The number of carbonyl (C=O) groups is 3. The Morgan fingerprint density at radius 2 is 2.07 bits per heavy atom. The Balaban J connectivity index is 1.92. The molecule has 2 aromatic rings. The van der Waals surface area contributed by atoms with Crippen molar-refractivity contribution < 1.29 is 23.9 Å². The van der Waals surface area contributed by atoms with Crippen molar-refractivity contribution in [1.29, 1.82) is 0 Å². The van der Waals surface area contributed by atoms with Gasteiger partial charge in [-0.25, -0.2) is 19.1 Å². The summed E-state index contributed by atoms with van der Waals surface area (Å²) < 4.78 is 12.3. The van der Waals surface area contributed by atoms with Gasteiger partial charge in [-0.15, -0.1) is 0 Å². The van der Waals surface area contributed by atoms with E-state index >= 15 is 0 Å². The Hall–Kier alpha value is -3.10. The summed E-state index contributed by atoms with van der Waals surface area (Å²) in [6.07, 6.45) is -1.58. The lowest BCUT2D eigenvalue weighted by Gasteiger charge is -2.20. The van der Waals surface area contributed by atoms with Gasteiger partial charge in [0.05, 0.1) is 24.2 Å². The zero-order valence-corrected chi connectivity index (χ0v) is 16.6. The van der Waals surface area contributed by atoms with E-state index in [1.165, 1.54) is 16.4 Å². The fourth-order valence-electron chi connectivity index (χ4n) is 3.04. The van der Waals surface area contributed by atoms with E-state index in [9.17, 15) is 14.4 Å². The number of carbonyl (C=O) groups excluding carboxylic acids is 3. The van der Waals surface area contributed by atoms with Gasteiger partial charge in [-0.2, -0.15) is 0 Å². The summed E-state index contributed by atoms with van der Waals surface area (Å²) in [5, 5.41) is 2.58.